The average molecular weight is 330 g/mol. The highest BCUT2D eigenvalue weighted by atomic mass is 35.5. The normalized spacial score (nSPS) is 13.5. The van der Waals surface area contributed by atoms with Gasteiger partial charge in [0, 0.05) is 16.5 Å². The maximum absolute atomic E-state index is 11.9. The molecule has 1 rings (SSSR count). The summed E-state index contributed by atoms with van der Waals surface area (Å²) in [6.45, 7) is 2.02. The highest BCUT2D eigenvalue weighted by molar-refractivity contribution is 6.34. The molecule has 1 radical (unpaired) electrons. The van der Waals surface area contributed by atoms with Crippen molar-refractivity contribution in [2.45, 2.75) is 44.7 Å². The third-order valence-electron chi connectivity index (χ3n) is 3.03. The number of amides is 1. The van der Waals surface area contributed by atoms with E-state index < -0.39 is 12.1 Å². The summed E-state index contributed by atoms with van der Waals surface area (Å²) in [7, 11) is 0. The van der Waals surface area contributed by atoms with Gasteiger partial charge >= 0.3 is 0 Å². The van der Waals surface area contributed by atoms with Gasteiger partial charge < -0.3 is 11.1 Å². The van der Waals surface area contributed by atoms with E-state index in [2.05, 4.69) is 5.32 Å². The van der Waals surface area contributed by atoms with E-state index in [0.29, 0.717) is 16.5 Å². The van der Waals surface area contributed by atoms with Crippen LogP contribution in [-0.4, -0.2) is 24.3 Å². The molecule has 0 unspecified atom stereocenters. The van der Waals surface area contributed by atoms with E-state index in [-0.39, 0.29) is 12.3 Å². The van der Waals surface area contributed by atoms with Gasteiger partial charge in [-0.2, -0.15) is 0 Å². The molecular formula is C15H19Cl2N2O2. The number of carbonyl (C=O) groups is 1. The molecule has 0 aliphatic rings. The molecule has 0 saturated carbocycles. The molecule has 0 saturated heterocycles. The molecule has 1 aromatic carbocycles. The van der Waals surface area contributed by atoms with Crippen LogP contribution in [0.2, 0.25) is 10.0 Å². The van der Waals surface area contributed by atoms with Gasteiger partial charge in [0.2, 0.25) is 12.2 Å². The summed E-state index contributed by atoms with van der Waals surface area (Å²) in [5, 5.41) is 3.55. The molecule has 4 nitrogen and oxygen atoms in total. The Bertz CT molecular complexity index is 474. The maximum Gasteiger partial charge on any atom is 0.237 e. The van der Waals surface area contributed by atoms with Crippen LogP contribution < -0.4 is 11.1 Å². The molecule has 0 heterocycles. The largest absolute Gasteiger partial charge is 0.344 e. The molecule has 2 atom stereocenters. The minimum absolute atomic E-state index is 0.274. The Morgan fingerprint density at radius 3 is 2.48 bits per heavy atom. The number of nitrogens with two attached hydrogens (primary N) is 1. The molecule has 6 heteroatoms. The Hall–Kier alpha value is -1.10. The van der Waals surface area contributed by atoms with Crippen LogP contribution in [0, 0.1) is 0 Å². The van der Waals surface area contributed by atoms with E-state index in [1.807, 2.05) is 13.2 Å². The molecule has 21 heavy (non-hydrogen) atoms. The highest BCUT2D eigenvalue weighted by Crippen LogP contribution is 2.19. The number of halogens is 2. The maximum atomic E-state index is 11.9. The summed E-state index contributed by atoms with van der Waals surface area (Å²) in [4.78, 5) is 22.9. The fraction of sp³-hybridized carbons (Fsp3) is 0.467. The van der Waals surface area contributed by atoms with Crippen molar-refractivity contribution in [3.8, 4) is 0 Å². The lowest BCUT2D eigenvalue weighted by Gasteiger charge is -2.16. The number of carbonyl (C=O) groups excluding carboxylic acids is 2. The first kappa shape index (κ1) is 18.0. The van der Waals surface area contributed by atoms with E-state index in [0.717, 1.165) is 18.4 Å². The fourth-order valence-electron chi connectivity index (χ4n) is 1.92. The van der Waals surface area contributed by atoms with Crippen LogP contribution in [0.25, 0.3) is 0 Å². The van der Waals surface area contributed by atoms with Crippen LogP contribution in [0.15, 0.2) is 18.2 Å². The Morgan fingerprint density at radius 1 is 1.33 bits per heavy atom. The minimum atomic E-state index is -0.764. The van der Waals surface area contributed by atoms with Crippen LogP contribution in [0.5, 0.6) is 0 Å². The van der Waals surface area contributed by atoms with Crippen molar-refractivity contribution >= 4 is 35.4 Å². The Kier molecular flexibility index (Phi) is 7.72. The number of nitrogens with one attached hydrogen (secondary N) is 1. The average Bonchev–Trinajstić information content (AvgIpc) is 2.42. The predicted molar refractivity (Wildman–Crippen MR) is 85.3 cm³/mol. The summed E-state index contributed by atoms with van der Waals surface area (Å²) in [5.41, 5.74) is 6.52. The third kappa shape index (κ3) is 6.46. The van der Waals surface area contributed by atoms with Gasteiger partial charge in [-0.1, -0.05) is 43.0 Å². The summed E-state index contributed by atoms with van der Waals surface area (Å²) >= 11 is 11.8. The second-order valence-electron chi connectivity index (χ2n) is 4.91. The van der Waals surface area contributed by atoms with Crippen molar-refractivity contribution in [2.75, 3.05) is 0 Å². The van der Waals surface area contributed by atoms with Gasteiger partial charge in [-0.25, -0.2) is 0 Å². The van der Waals surface area contributed by atoms with Crippen molar-refractivity contribution in [1.29, 1.82) is 0 Å². The molecule has 1 amide bonds. The van der Waals surface area contributed by atoms with Gasteiger partial charge in [0.05, 0.1) is 12.1 Å². The second kappa shape index (κ2) is 9.03. The molecule has 115 valence electrons. The van der Waals surface area contributed by atoms with E-state index >= 15 is 0 Å². The smallest absolute Gasteiger partial charge is 0.237 e. The van der Waals surface area contributed by atoms with Gasteiger partial charge in [0.1, 0.15) is 0 Å². The summed E-state index contributed by atoms with van der Waals surface area (Å²) in [6.07, 6.45) is 4.51. The third-order valence-corrected chi connectivity index (χ3v) is 3.46. The zero-order chi connectivity index (χ0) is 15.8. The number of unbranched alkanes of at least 4 members (excludes halogenated alkanes) is 1. The Labute approximate surface area is 135 Å². The number of benzene rings is 1. The molecule has 0 fully saturated rings. The highest BCUT2D eigenvalue weighted by Gasteiger charge is 2.18. The molecule has 0 spiro atoms. The van der Waals surface area contributed by atoms with E-state index in [4.69, 9.17) is 28.9 Å². The fourth-order valence-corrected chi connectivity index (χ4v) is 2.49. The van der Waals surface area contributed by atoms with Gasteiger partial charge in [-0.15, -0.1) is 0 Å². The lowest BCUT2D eigenvalue weighted by atomic mass is 10.1. The lowest BCUT2D eigenvalue weighted by molar-refractivity contribution is -0.122. The standard InChI is InChI=1S/C15H19Cl2N2O2/c1-2-3-4-14(18)15(21)19-13(9-20)7-10-5-11(16)8-12(17)6-10/h5-6,8,13-14H,2-4,7,18H2,1H3,(H,19,21)/t13-,14-/m0/s1. The summed E-state index contributed by atoms with van der Waals surface area (Å²) < 4.78 is 0. The zero-order valence-electron chi connectivity index (χ0n) is 11.9. The van der Waals surface area contributed by atoms with Crippen LogP contribution in [0.3, 0.4) is 0 Å². The summed E-state index contributed by atoms with van der Waals surface area (Å²) in [6, 6.07) is 3.62. The van der Waals surface area contributed by atoms with Gasteiger partial charge in [-0.05, 0) is 30.2 Å². The van der Waals surface area contributed by atoms with Crippen LogP contribution in [0.1, 0.15) is 31.7 Å². The molecule has 3 N–H and O–H groups in total. The zero-order valence-corrected chi connectivity index (χ0v) is 13.4. The molecule has 0 aliphatic heterocycles. The van der Waals surface area contributed by atoms with Crippen molar-refractivity contribution in [3.63, 3.8) is 0 Å². The SMILES string of the molecule is CCCC[C@H](N)C(=O)N[C@H]([C]=O)Cc1cc(Cl)cc(Cl)c1. The van der Waals surface area contributed by atoms with Crippen molar-refractivity contribution in [1.82, 2.24) is 5.32 Å². The first-order chi connectivity index (χ1) is 9.96. The first-order valence-electron chi connectivity index (χ1n) is 6.84. The molecule has 0 bridgehead atoms. The van der Waals surface area contributed by atoms with Crippen molar-refractivity contribution in [3.05, 3.63) is 33.8 Å². The Balaban J connectivity index is 2.62. The predicted octanol–water partition coefficient (Wildman–Crippen LogP) is 2.65. The quantitative estimate of drug-likeness (QED) is 0.770. The number of hydrogen-bond acceptors (Lipinski definition) is 3. The van der Waals surface area contributed by atoms with Crippen LogP contribution in [-0.2, 0) is 16.0 Å². The lowest BCUT2D eigenvalue weighted by Crippen LogP contribution is -2.46. The Morgan fingerprint density at radius 2 is 1.95 bits per heavy atom. The molecule has 0 aliphatic carbocycles. The molecule has 0 aromatic heterocycles. The van der Waals surface area contributed by atoms with Gasteiger partial charge in [-0.3, -0.25) is 9.59 Å². The molecule has 1 aromatic rings. The minimum Gasteiger partial charge on any atom is -0.344 e. The van der Waals surface area contributed by atoms with Gasteiger partial charge in [0.25, 0.3) is 0 Å². The molecular weight excluding hydrogens is 311 g/mol. The number of rotatable bonds is 8. The van der Waals surface area contributed by atoms with Gasteiger partial charge in [0.15, 0.2) is 0 Å². The summed E-state index contributed by atoms with van der Waals surface area (Å²) in [5.74, 6) is -0.343. The first-order valence-corrected chi connectivity index (χ1v) is 7.60. The van der Waals surface area contributed by atoms with Crippen molar-refractivity contribution < 1.29 is 9.59 Å². The van der Waals surface area contributed by atoms with E-state index in [1.165, 1.54) is 0 Å². The van der Waals surface area contributed by atoms with Crippen molar-refractivity contribution in [2.24, 2.45) is 5.73 Å². The van der Waals surface area contributed by atoms with Crippen LogP contribution in [0.4, 0.5) is 0 Å². The monoisotopic (exact) mass is 329 g/mol. The second-order valence-corrected chi connectivity index (χ2v) is 5.78. The number of hydrogen-bond donors (Lipinski definition) is 2. The van der Waals surface area contributed by atoms with Crippen LogP contribution >= 0.6 is 23.2 Å². The van der Waals surface area contributed by atoms with E-state index in [9.17, 15) is 9.59 Å². The van der Waals surface area contributed by atoms with E-state index in [1.54, 1.807) is 18.2 Å². The topological polar surface area (TPSA) is 72.2 Å².